The molecule has 0 spiro atoms. The molecule has 2 heterocycles. The second-order valence-corrected chi connectivity index (χ2v) is 6.62. The van der Waals surface area contributed by atoms with E-state index in [4.69, 9.17) is 11.6 Å². The van der Waals surface area contributed by atoms with E-state index in [-0.39, 0.29) is 17.8 Å². The Morgan fingerprint density at radius 2 is 1.80 bits per heavy atom. The van der Waals surface area contributed by atoms with Gasteiger partial charge >= 0.3 is 0 Å². The SMILES string of the molecule is CC[C@]12C(=O)N(c3cccc(Cl)c3)C(=O)[C@@]1(O)N(O)c1ccccc12. The van der Waals surface area contributed by atoms with E-state index in [1.54, 1.807) is 49.4 Å². The van der Waals surface area contributed by atoms with Gasteiger partial charge in [-0.3, -0.25) is 14.8 Å². The zero-order chi connectivity index (χ0) is 18.0. The quantitative estimate of drug-likeness (QED) is 0.806. The van der Waals surface area contributed by atoms with Crippen LogP contribution < -0.4 is 9.96 Å². The smallest absolute Gasteiger partial charge is 0.290 e. The van der Waals surface area contributed by atoms with Crippen LogP contribution in [0.2, 0.25) is 5.02 Å². The van der Waals surface area contributed by atoms with Crippen molar-refractivity contribution in [2.24, 2.45) is 0 Å². The lowest BCUT2D eigenvalue weighted by atomic mass is 9.73. The first-order valence-corrected chi connectivity index (χ1v) is 8.23. The number of para-hydroxylation sites is 1. The maximum atomic E-state index is 13.3. The molecule has 2 N–H and O–H groups in total. The number of anilines is 2. The summed E-state index contributed by atoms with van der Waals surface area (Å²) in [5, 5.41) is 22.7. The van der Waals surface area contributed by atoms with Crippen LogP contribution in [0.4, 0.5) is 11.4 Å². The number of hydrogen-bond donors (Lipinski definition) is 2. The molecule has 2 amide bonds. The average Bonchev–Trinajstić information content (AvgIpc) is 2.92. The highest BCUT2D eigenvalue weighted by molar-refractivity contribution is 6.33. The summed E-state index contributed by atoms with van der Waals surface area (Å²) < 4.78 is 0. The molecule has 0 aromatic heterocycles. The van der Waals surface area contributed by atoms with Crippen molar-refractivity contribution in [1.82, 2.24) is 0 Å². The molecule has 2 atom stereocenters. The van der Waals surface area contributed by atoms with Gasteiger partial charge in [0.15, 0.2) is 0 Å². The van der Waals surface area contributed by atoms with Gasteiger partial charge in [-0.2, -0.15) is 0 Å². The number of carbonyl (C=O) groups excluding carboxylic acids is 2. The highest BCUT2D eigenvalue weighted by Crippen LogP contribution is 2.57. The summed E-state index contributed by atoms with van der Waals surface area (Å²) in [4.78, 5) is 27.3. The van der Waals surface area contributed by atoms with Gasteiger partial charge in [-0.25, -0.2) is 9.96 Å². The van der Waals surface area contributed by atoms with Crippen LogP contribution in [-0.2, 0) is 15.0 Å². The molecule has 25 heavy (non-hydrogen) atoms. The topological polar surface area (TPSA) is 81.1 Å². The maximum absolute atomic E-state index is 13.3. The van der Waals surface area contributed by atoms with Gasteiger partial charge in [0.05, 0.1) is 11.4 Å². The fraction of sp³-hybridized carbons (Fsp3) is 0.222. The van der Waals surface area contributed by atoms with Crippen LogP contribution in [0.25, 0.3) is 0 Å². The summed E-state index contributed by atoms with van der Waals surface area (Å²) >= 11 is 5.98. The van der Waals surface area contributed by atoms with Crippen LogP contribution in [0, 0.1) is 0 Å². The first-order chi connectivity index (χ1) is 11.9. The molecule has 2 aromatic carbocycles. The molecule has 7 heteroatoms. The standard InChI is InChI=1S/C18H15ClN2O4/c1-2-17-13-8-3-4-9-14(13)21(25)18(17,24)16(23)20(15(17)22)12-7-5-6-11(19)10-12/h3-10,24-25H,2H2,1H3/t17-,18-/m0/s1. The first-order valence-electron chi connectivity index (χ1n) is 7.85. The number of aliphatic hydroxyl groups is 1. The van der Waals surface area contributed by atoms with Crippen molar-refractivity contribution >= 4 is 34.8 Å². The minimum Gasteiger partial charge on any atom is -0.360 e. The highest BCUT2D eigenvalue weighted by atomic mass is 35.5. The zero-order valence-electron chi connectivity index (χ0n) is 13.3. The van der Waals surface area contributed by atoms with Gasteiger partial charge in [-0.15, -0.1) is 0 Å². The molecule has 0 unspecified atom stereocenters. The molecule has 1 saturated heterocycles. The number of halogens is 1. The van der Waals surface area contributed by atoms with E-state index in [2.05, 4.69) is 0 Å². The molecule has 6 nitrogen and oxygen atoms in total. The van der Waals surface area contributed by atoms with E-state index >= 15 is 0 Å². The van der Waals surface area contributed by atoms with E-state index in [1.165, 1.54) is 6.07 Å². The van der Waals surface area contributed by atoms with Crippen LogP contribution in [0.5, 0.6) is 0 Å². The monoisotopic (exact) mass is 358 g/mol. The Bertz CT molecular complexity index is 917. The zero-order valence-corrected chi connectivity index (χ0v) is 14.1. The Morgan fingerprint density at radius 3 is 2.48 bits per heavy atom. The number of amides is 2. The number of fused-ring (bicyclic) bond motifs is 3. The summed E-state index contributed by atoms with van der Waals surface area (Å²) in [6.45, 7) is 1.70. The lowest BCUT2D eigenvalue weighted by molar-refractivity contribution is -0.147. The molecule has 128 valence electrons. The van der Waals surface area contributed by atoms with Crippen LogP contribution in [0.15, 0.2) is 48.5 Å². The van der Waals surface area contributed by atoms with Crippen molar-refractivity contribution < 1.29 is 19.9 Å². The molecule has 0 aliphatic carbocycles. The summed E-state index contributed by atoms with van der Waals surface area (Å²) in [6, 6.07) is 12.8. The molecule has 2 aromatic rings. The molecular formula is C18H15ClN2O4. The Balaban J connectivity index is 1.99. The summed E-state index contributed by atoms with van der Waals surface area (Å²) in [6.07, 6.45) is 0.138. The Morgan fingerprint density at radius 1 is 1.08 bits per heavy atom. The molecule has 2 aliphatic rings. The summed E-state index contributed by atoms with van der Waals surface area (Å²) in [5.41, 5.74) is -3.06. The van der Waals surface area contributed by atoms with Crippen LogP contribution >= 0.6 is 11.6 Å². The van der Waals surface area contributed by atoms with Crippen LogP contribution in [0.3, 0.4) is 0 Å². The molecule has 0 radical (unpaired) electrons. The van der Waals surface area contributed by atoms with Gasteiger partial charge in [0.2, 0.25) is 5.91 Å². The Kier molecular flexibility index (Phi) is 3.25. The van der Waals surface area contributed by atoms with E-state index in [0.29, 0.717) is 15.6 Å². The van der Waals surface area contributed by atoms with Gasteiger partial charge in [-0.1, -0.05) is 42.8 Å². The molecule has 0 saturated carbocycles. The number of carbonyl (C=O) groups is 2. The van der Waals surface area contributed by atoms with E-state index < -0.39 is 23.0 Å². The molecule has 2 aliphatic heterocycles. The number of nitrogens with zero attached hydrogens (tertiary/aromatic N) is 2. The Hall–Kier alpha value is -2.41. The third kappa shape index (κ3) is 1.66. The average molecular weight is 359 g/mol. The number of imide groups is 1. The Labute approximate surface area is 148 Å². The van der Waals surface area contributed by atoms with Crippen LogP contribution in [0.1, 0.15) is 18.9 Å². The van der Waals surface area contributed by atoms with Crippen molar-refractivity contribution in [2.75, 3.05) is 9.96 Å². The van der Waals surface area contributed by atoms with Crippen molar-refractivity contribution in [3.8, 4) is 0 Å². The van der Waals surface area contributed by atoms with Crippen molar-refractivity contribution in [3.05, 3.63) is 59.1 Å². The van der Waals surface area contributed by atoms with E-state index in [9.17, 15) is 19.9 Å². The van der Waals surface area contributed by atoms with E-state index in [1.807, 2.05) is 0 Å². The van der Waals surface area contributed by atoms with Gasteiger partial charge < -0.3 is 5.11 Å². The van der Waals surface area contributed by atoms with Gasteiger partial charge in [0, 0.05) is 5.02 Å². The molecule has 0 bridgehead atoms. The van der Waals surface area contributed by atoms with Crippen LogP contribution in [-0.4, -0.2) is 27.9 Å². The number of benzene rings is 2. The molecule has 4 rings (SSSR count). The fourth-order valence-corrected chi connectivity index (χ4v) is 4.16. The maximum Gasteiger partial charge on any atom is 0.290 e. The minimum atomic E-state index is -2.40. The first kappa shape index (κ1) is 16.1. The number of hydroxylamine groups is 1. The molecule has 1 fully saturated rings. The minimum absolute atomic E-state index is 0.138. The second-order valence-electron chi connectivity index (χ2n) is 6.19. The lowest BCUT2D eigenvalue weighted by Crippen LogP contribution is -2.59. The third-order valence-corrected chi connectivity index (χ3v) is 5.39. The number of hydrogen-bond acceptors (Lipinski definition) is 5. The predicted molar refractivity (Wildman–Crippen MR) is 91.6 cm³/mol. The summed E-state index contributed by atoms with van der Waals surface area (Å²) in [7, 11) is 0. The van der Waals surface area contributed by atoms with Gasteiger partial charge in [0.1, 0.15) is 5.41 Å². The van der Waals surface area contributed by atoms with Crippen molar-refractivity contribution in [2.45, 2.75) is 24.5 Å². The summed E-state index contributed by atoms with van der Waals surface area (Å²) in [5.74, 6) is -1.49. The van der Waals surface area contributed by atoms with Gasteiger partial charge in [0.25, 0.3) is 11.6 Å². The normalized spacial score (nSPS) is 27.7. The second kappa shape index (κ2) is 5.05. The molecular weight excluding hydrogens is 344 g/mol. The third-order valence-electron chi connectivity index (χ3n) is 5.16. The number of rotatable bonds is 2. The van der Waals surface area contributed by atoms with E-state index in [0.717, 1.165) is 4.90 Å². The highest BCUT2D eigenvalue weighted by Gasteiger charge is 2.76. The lowest BCUT2D eigenvalue weighted by Gasteiger charge is -2.33. The van der Waals surface area contributed by atoms with Crippen molar-refractivity contribution in [1.29, 1.82) is 0 Å². The largest absolute Gasteiger partial charge is 0.360 e. The van der Waals surface area contributed by atoms with Gasteiger partial charge in [-0.05, 0) is 36.2 Å². The van der Waals surface area contributed by atoms with Crippen molar-refractivity contribution in [3.63, 3.8) is 0 Å². The fourth-order valence-electron chi connectivity index (χ4n) is 3.98. The predicted octanol–water partition coefficient (Wildman–Crippen LogP) is 2.46.